The quantitative estimate of drug-likeness (QED) is 0.822. The Balaban J connectivity index is 2.79. The molecule has 1 aromatic rings. The van der Waals surface area contributed by atoms with Crippen LogP contribution in [0.3, 0.4) is 0 Å². The van der Waals surface area contributed by atoms with Crippen molar-refractivity contribution in [3.8, 4) is 0 Å². The number of aliphatic hydroxyl groups is 1. The zero-order valence-corrected chi connectivity index (χ0v) is 8.91. The Morgan fingerprint density at radius 1 is 1.62 bits per heavy atom. The number of hydrogen-bond donors (Lipinski definition) is 1. The molecule has 3 heteroatoms. The van der Waals surface area contributed by atoms with Gasteiger partial charge in [-0.1, -0.05) is 28.1 Å². The van der Waals surface area contributed by atoms with Gasteiger partial charge in [0.2, 0.25) is 0 Å². The van der Waals surface area contributed by atoms with Crippen molar-refractivity contribution in [3.63, 3.8) is 0 Å². The summed E-state index contributed by atoms with van der Waals surface area (Å²) in [6.45, 7) is 1.99. The second kappa shape index (κ2) is 4.53. The third-order valence-corrected chi connectivity index (χ3v) is 2.69. The van der Waals surface area contributed by atoms with E-state index in [9.17, 15) is 4.79 Å². The van der Waals surface area contributed by atoms with Crippen LogP contribution in [0.5, 0.6) is 0 Å². The van der Waals surface area contributed by atoms with Crippen molar-refractivity contribution in [1.29, 1.82) is 0 Å². The summed E-state index contributed by atoms with van der Waals surface area (Å²) in [6, 6.07) is 5.78. The van der Waals surface area contributed by atoms with Gasteiger partial charge in [-0.15, -0.1) is 0 Å². The maximum atomic E-state index is 10.2. The first kappa shape index (κ1) is 10.4. The smallest absolute Gasteiger partial charge is 0.148 e. The minimum absolute atomic E-state index is 0.377. The predicted octanol–water partition coefficient (Wildman–Crippen LogP) is 1.86. The van der Waals surface area contributed by atoms with Crippen molar-refractivity contribution in [2.45, 2.75) is 19.4 Å². The van der Waals surface area contributed by atoms with Gasteiger partial charge in [-0.3, -0.25) is 0 Å². The lowest BCUT2D eigenvalue weighted by atomic mass is 10.1. The Kier molecular flexibility index (Phi) is 3.63. The fourth-order valence-electron chi connectivity index (χ4n) is 1.05. The third-order valence-electron chi connectivity index (χ3n) is 1.84. The van der Waals surface area contributed by atoms with E-state index in [1.54, 1.807) is 0 Å². The van der Waals surface area contributed by atoms with E-state index in [0.717, 1.165) is 15.6 Å². The van der Waals surface area contributed by atoms with Gasteiger partial charge in [0.05, 0.1) is 0 Å². The van der Waals surface area contributed by atoms with Crippen LogP contribution in [0.25, 0.3) is 0 Å². The largest absolute Gasteiger partial charge is 0.385 e. The molecular formula is C10H11BrO2. The van der Waals surface area contributed by atoms with E-state index in [1.165, 1.54) is 0 Å². The van der Waals surface area contributed by atoms with Gasteiger partial charge < -0.3 is 9.90 Å². The summed E-state index contributed by atoms with van der Waals surface area (Å²) >= 11 is 3.39. The zero-order chi connectivity index (χ0) is 9.84. The monoisotopic (exact) mass is 242 g/mol. The van der Waals surface area contributed by atoms with Crippen LogP contribution in [0.4, 0.5) is 0 Å². The van der Waals surface area contributed by atoms with Crippen molar-refractivity contribution in [2.24, 2.45) is 0 Å². The fraction of sp³-hybridized carbons (Fsp3) is 0.300. The molecule has 0 radical (unpaired) electrons. The van der Waals surface area contributed by atoms with E-state index in [2.05, 4.69) is 15.9 Å². The zero-order valence-electron chi connectivity index (χ0n) is 7.33. The molecule has 0 aliphatic carbocycles. The fourth-order valence-corrected chi connectivity index (χ4v) is 1.48. The van der Waals surface area contributed by atoms with Crippen LogP contribution in [0.15, 0.2) is 22.7 Å². The number of rotatable bonds is 3. The summed E-state index contributed by atoms with van der Waals surface area (Å²) in [5.74, 6) is 0. The first-order chi connectivity index (χ1) is 6.13. The number of aldehydes is 1. The highest BCUT2D eigenvalue weighted by Gasteiger charge is 2.04. The molecule has 1 rings (SSSR count). The minimum Gasteiger partial charge on any atom is -0.385 e. The standard InChI is InChI=1S/C10H11BrO2/c1-7-2-3-8(5-10(7)11)4-9(13)6-12/h2-3,5-6,9,13H,4H2,1H3. The van der Waals surface area contributed by atoms with Crippen LogP contribution in [0.1, 0.15) is 11.1 Å². The van der Waals surface area contributed by atoms with Gasteiger partial charge in [0.25, 0.3) is 0 Å². The molecule has 0 spiro atoms. The third kappa shape index (κ3) is 2.94. The van der Waals surface area contributed by atoms with Crippen LogP contribution in [0.2, 0.25) is 0 Å². The Morgan fingerprint density at radius 3 is 2.85 bits per heavy atom. The summed E-state index contributed by atoms with van der Waals surface area (Å²) in [4.78, 5) is 10.2. The molecule has 0 fully saturated rings. The van der Waals surface area contributed by atoms with Crippen LogP contribution in [-0.4, -0.2) is 17.5 Å². The van der Waals surface area contributed by atoms with Crippen LogP contribution >= 0.6 is 15.9 Å². The normalized spacial score (nSPS) is 12.5. The summed E-state index contributed by atoms with van der Waals surface area (Å²) in [6.07, 6.45) is 0.0328. The molecule has 70 valence electrons. The number of hydrogen-bond acceptors (Lipinski definition) is 2. The lowest BCUT2D eigenvalue weighted by Gasteiger charge is -2.05. The highest BCUT2D eigenvalue weighted by atomic mass is 79.9. The lowest BCUT2D eigenvalue weighted by Crippen LogP contribution is -2.11. The number of carbonyl (C=O) groups is 1. The Hall–Kier alpha value is -0.670. The summed E-state index contributed by atoms with van der Waals surface area (Å²) in [5, 5.41) is 9.09. The first-order valence-corrected chi connectivity index (χ1v) is 4.81. The van der Waals surface area contributed by atoms with E-state index in [4.69, 9.17) is 5.11 Å². The Morgan fingerprint density at radius 2 is 2.31 bits per heavy atom. The van der Waals surface area contributed by atoms with Crippen molar-refractivity contribution in [2.75, 3.05) is 0 Å². The number of carbonyl (C=O) groups excluding carboxylic acids is 1. The molecule has 2 nitrogen and oxygen atoms in total. The van der Waals surface area contributed by atoms with Gasteiger partial charge in [0, 0.05) is 10.9 Å². The number of aliphatic hydroxyl groups excluding tert-OH is 1. The van der Waals surface area contributed by atoms with E-state index in [-0.39, 0.29) is 0 Å². The summed E-state index contributed by atoms with van der Waals surface area (Å²) in [5.41, 5.74) is 2.10. The van der Waals surface area contributed by atoms with Crippen LogP contribution in [-0.2, 0) is 11.2 Å². The van der Waals surface area contributed by atoms with Crippen LogP contribution in [0, 0.1) is 6.92 Å². The molecule has 0 saturated heterocycles. The maximum Gasteiger partial charge on any atom is 0.148 e. The van der Waals surface area contributed by atoms with E-state index < -0.39 is 6.10 Å². The minimum atomic E-state index is -0.894. The highest BCUT2D eigenvalue weighted by molar-refractivity contribution is 9.10. The summed E-state index contributed by atoms with van der Waals surface area (Å²) in [7, 11) is 0. The molecule has 13 heavy (non-hydrogen) atoms. The van der Waals surface area contributed by atoms with Gasteiger partial charge in [-0.2, -0.15) is 0 Å². The van der Waals surface area contributed by atoms with Gasteiger partial charge in [-0.05, 0) is 24.1 Å². The van der Waals surface area contributed by atoms with E-state index in [0.29, 0.717) is 12.7 Å². The number of benzene rings is 1. The summed E-state index contributed by atoms with van der Waals surface area (Å²) < 4.78 is 1.00. The molecule has 1 unspecified atom stereocenters. The van der Waals surface area contributed by atoms with Crippen molar-refractivity contribution < 1.29 is 9.90 Å². The number of halogens is 1. The first-order valence-electron chi connectivity index (χ1n) is 4.02. The predicted molar refractivity (Wildman–Crippen MR) is 54.7 cm³/mol. The highest BCUT2D eigenvalue weighted by Crippen LogP contribution is 2.18. The van der Waals surface area contributed by atoms with Crippen molar-refractivity contribution >= 4 is 22.2 Å². The molecule has 0 bridgehead atoms. The molecule has 0 aliphatic heterocycles. The van der Waals surface area contributed by atoms with Crippen LogP contribution < -0.4 is 0 Å². The molecule has 0 heterocycles. The Labute approximate surface area is 85.7 Å². The van der Waals surface area contributed by atoms with E-state index in [1.807, 2.05) is 25.1 Å². The molecule has 0 aliphatic rings. The lowest BCUT2D eigenvalue weighted by molar-refractivity contribution is -0.114. The maximum absolute atomic E-state index is 10.2. The second-order valence-corrected chi connectivity index (χ2v) is 3.85. The molecule has 1 atom stereocenters. The molecule has 0 amide bonds. The van der Waals surface area contributed by atoms with Gasteiger partial charge in [0.1, 0.15) is 12.4 Å². The molecular weight excluding hydrogens is 232 g/mol. The SMILES string of the molecule is Cc1ccc(CC(O)C=O)cc1Br. The second-order valence-electron chi connectivity index (χ2n) is 2.99. The van der Waals surface area contributed by atoms with Crippen molar-refractivity contribution in [3.05, 3.63) is 33.8 Å². The van der Waals surface area contributed by atoms with Gasteiger partial charge >= 0.3 is 0 Å². The Bertz CT molecular complexity index is 310. The van der Waals surface area contributed by atoms with Gasteiger partial charge in [-0.25, -0.2) is 0 Å². The van der Waals surface area contributed by atoms with E-state index >= 15 is 0 Å². The van der Waals surface area contributed by atoms with Crippen molar-refractivity contribution in [1.82, 2.24) is 0 Å². The topological polar surface area (TPSA) is 37.3 Å². The molecule has 1 aromatic carbocycles. The van der Waals surface area contributed by atoms with Gasteiger partial charge in [0.15, 0.2) is 0 Å². The average molecular weight is 243 g/mol. The molecule has 0 aromatic heterocycles. The number of aryl methyl sites for hydroxylation is 1. The molecule has 1 N–H and O–H groups in total. The molecule has 0 saturated carbocycles. The average Bonchev–Trinajstić information content (AvgIpc) is 2.11.